The quantitative estimate of drug-likeness (QED) is 0.338. The predicted molar refractivity (Wildman–Crippen MR) is 142 cm³/mol. The maximum Gasteiger partial charge on any atom is 0.132 e. The Hall–Kier alpha value is -3.83. The number of pyridine rings is 2. The van der Waals surface area contributed by atoms with E-state index in [-0.39, 0.29) is 11.9 Å². The summed E-state index contributed by atoms with van der Waals surface area (Å²) in [5.41, 5.74) is 9.46. The molecule has 8 heteroatoms. The first kappa shape index (κ1) is 25.8. The highest BCUT2D eigenvalue weighted by atomic mass is 19.1. The molecule has 0 radical (unpaired) electrons. The molecule has 3 aromatic rings. The molecule has 0 aliphatic heterocycles. The van der Waals surface area contributed by atoms with Crippen LogP contribution in [0.3, 0.4) is 0 Å². The predicted octanol–water partition coefficient (Wildman–Crippen LogP) is 5.34. The fourth-order valence-electron chi connectivity index (χ4n) is 3.92. The number of rotatable bonds is 8. The highest BCUT2D eigenvalue weighted by Gasteiger charge is 2.14. The van der Waals surface area contributed by atoms with Crippen molar-refractivity contribution in [3.05, 3.63) is 59.8 Å². The molecule has 1 aromatic carbocycles. The summed E-state index contributed by atoms with van der Waals surface area (Å²) in [7, 11) is 1.71. The molecule has 0 saturated carbocycles. The van der Waals surface area contributed by atoms with Gasteiger partial charge in [0.2, 0.25) is 0 Å². The Morgan fingerprint density at radius 2 is 2.03 bits per heavy atom. The average Bonchev–Trinajstić information content (AvgIpc) is 2.84. The second-order valence-corrected chi connectivity index (χ2v) is 8.65. The number of anilines is 2. The van der Waals surface area contributed by atoms with Crippen molar-refractivity contribution < 1.29 is 4.39 Å². The van der Waals surface area contributed by atoms with Gasteiger partial charge < -0.3 is 11.1 Å². The standard InChI is InChI=1S/C27H32FN7/c1-6-7-35(18(3)12-29)16-17(2)8-26(31-5)34-27-11-20-9-22(24(28)10-21(20)13-33-27)23-14-32-15-25(30)19(23)4/h8-11,13-15,18H,6-7,16,30H2,1-5H3,(H,31,33,34)/b17-8+. The molecule has 0 spiro atoms. The molecular weight excluding hydrogens is 441 g/mol. The topological polar surface area (TPSA) is 103 Å². The van der Waals surface area contributed by atoms with Crippen LogP contribution in [0.2, 0.25) is 0 Å². The second kappa shape index (κ2) is 11.5. The molecule has 35 heavy (non-hydrogen) atoms. The molecule has 2 aromatic heterocycles. The Morgan fingerprint density at radius 3 is 2.71 bits per heavy atom. The summed E-state index contributed by atoms with van der Waals surface area (Å²) in [5.74, 6) is 0.889. The zero-order valence-electron chi connectivity index (χ0n) is 20.9. The lowest BCUT2D eigenvalue weighted by molar-refractivity contribution is 0.267. The lowest BCUT2D eigenvalue weighted by Gasteiger charge is -2.24. The van der Waals surface area contributed by atoms with Crippen LogP contribution in [0.25, 0.3) is 21.9 Å². The average molecular weight is 474 g/mol. The van der Waals surface area contributed by atoms with E-state index in [9.17, 15) is 9.65 Å². The van der Waals surface area contributed by atoms with Crippen LogP contribution in [-0.2, 0) is 0 Å². The van der Waals surface area contributed by atoms with Gasteiger partial charge in [0.15, 0.2) is 0 Å². The minimum atomic E-state index is -0.354. The van der Waals surface area contributed by atoms with Crippen molar-refractivity contribution in [2.24, 2.45) is 4.99 Å². The molecule has 7 nitrogen and oxygen atoms in total. The van der Waals surface area contributed by atoms with Crippen LogP contribution in [0.1, 0.15) is 32.8 Å². The number of nitrogens with zero attached hydrogens (tertiary/aromatic N) is 5. The van der Waals surface area contributed by atoms with E-state index in [0.717, 1.165) is 29.5 Å². The van der Waals surface area contributed by atoms with Crippen molar-refractivity contribution >= 4 is 28.1 Å². The van der Waals surface area contributed by atoms with Crippen molar-refractivity contribution in [3.8, 4) is 17.2 Å². The molecule has 0 bridgehead atoms. The van der Waals surface area contributed by atoms with E-state index in [1.54, 1.807) is 31.7 Å². The molecule has 0 fully saturated rings. The zero-order chi connectivity index (χ0) is 25.5. The third-order valence-electron chi connectivity index (χ3n) is 5.93. The monoisotopic (exact) mass is 473 g/mol. The number of nitriles is 1. The number of aromatic nitrogens is 2. The highest BCUT2D eigenvalue weighted by molar-refractivity contribution is 6.04. The Kier molecular flexibility index (Phi) is 8.50. The maximum absolute atomic E-state index is 14.9. The minimum absolute atomic E-state index is 0.163. The van der Waals surface area contributed by atoms with Gasteiger partial charge in [-0.3, -0.25) is 14.9 Å². The number of nitrogen functional groups attached to an aromatic ring is 1. The molecule has 3 rings (SSSR count). The number of hydrogen-bond acceptors (Lipinski definition) is 6. The number of halogens is 1. The van der Waals surface area contributed by atoms with Crippen molar-refractivity contribution in [2.45, 2.75) is 40.2 Å². The molecule has 1 atom stereocenters. The van der Waals surface area contributed by atoms with Gasteiger partial charge >= 0.3 is 0 Å². The lowest BCUT2D eigenvalue weighted by Crippen LogP contribution is -2.34. The number of hydrogen-bond donors (Lipinski definition) is 2. The van der Waals surface area contributed by atoms with Crippen LogP contribution in [0, 0.1) is 24.1 Å². The van der Waals surface area contributed by atoms with Crippen molar-refractivity contribution in [1.29, 1.82) is 5.26 Å². The van der Waals surface area contributed by atoms with E-state index in [2.05, 4.69) is 38.2 Å². The molecule has 0 aliphatic rings. The SMILES string of the molecule is CCCN(C/C(C)=C/C(=N\C)Nc1cc2cc(-c3cncc(N)c3C)c(F)cc2cn1)C(C)C#N. The second-order valence-electron chi connectivity index (χ2n) is 8.65. The van der Waals surface area contributed by atoms with E-state index in [0.29, 0.717) is 40.4 Å². The first-order chi connectivity index (χ1) is 16.8. The first-order valence-corrected chi connectivity index (χ1v) is 11.6. The van der Waals surface area contributed by atoms with E-state index >= 15 is 0 Å². The molecule has 2 heterocycles. The minimum Gasteiger partial charge on any atom is -0.397 e. The molecular formula is C27H32FN7. The van der Waals surface area contributed by atoms with E-state index in [1.807, 2.05) is 32.9 Å². The number of nitrogens with two attached hydrogens (primary N) is 1. The van der Waals surface area contributed by atoms with E-state index < -0.39 is 0 Å². The van der Waals surface area contributed by atoms with Crippen LogP contribution >= 0.6 is 0 Å². The number of benzene rings is 1. The smallest absolute Gasteiger partial charge is 0.132 e. The van der Waals surface area contributed by atoms with Crippen LogP contribution in [0.15, 0.2) is 53.4 Å². The summed E-state index contributed by atoms with van der Waals surface area (Å²) in [6, 6.07) is 7.27. The number of fused-ring (bicyclic) bond motifs is 1. The van der Waals surface area contributed by atoms with Crippen LogP contribution in [0.5, 0.6) is 0 Å². The summed E-state index contributed by atoms with van der Waals surface area (Å²) < 4.78 is 14.9. The summed E-state index contributed by atoms with van der Waals surface area (Å²) in [6.07, 6.45) is 7.75. The van der Waals surface area contributed by atoms with Crippen LogP contribution in [-0.4, -0.2) is 46.9 Å². The normalized spacial score (nSPS) is 13.2. The van der Waals surface area contributed by atoms with Crippen molar-refractivity contribution in [2.75, 3.05) is 31.2 Å². The Morgan fingerprint density at radius 1 is 1.26 bits per heavy atom. The van der Waals surface area contributed by atoms with Gasteiger partial charge in [-0.1, -0.05) is 12.5 Å². The van der Waals surface area contributed by atoms with Gasteiger partial charge in [0.25, 0.3) is 0 Å². The van der Waals surface area contributed by atoms with Gasteiger partial charge in [0.05, 0.1) is 24.0 Å². The zero-order valence-corrected chi connectivity index (χ0v) is 20.9. The molecule has 3 N–H and O–H groups in total. The first-order valence-electron chi connectivity index (χ1n) is 11.6. The lowest BCUT2D eigenvalue weighted by atomic mass is 9.99. The molecule has 0 amide bonds. The third-order valence-corrected chi connectivity index (χ3v) is 5.93. The van der Waals surface area contributed by atoms with Crippen molar-refractivity contribution in [3.63, 3.8) is 0 Å². The number of aliphatic imine (C=N–C) groups is 1. The maximum atomic E-state index is 14.9. The van der Waals surface area contributed by atoms with Gasteiger partial charge in [-0.2, -0.15) is 5.26 Å². The van der Waals surface area contributed by atoms with Crippen molar-refractivity contribution in [1.82, 2.24) is 14.9 Å². The fourth-order valence-corrected chi connectivity index (χ4v) is 3.92. The summed E-state index contributed by atoms with van der Waals surface area (Å²) in [4.78, 5) is 15.0. The van der Waals surface area contributed by atoms with Gasteiger partial charge in [-0.25, -0.2) is 9.37 Å². The number of amidine groups is 1. The summed E-state index contributed by atoms with van der Waals surface area (Å²) >= 11 is 0. The van der Waals surface area contributed by atoms with Crippen LogP contribution < -0.4 is 11.1 Å². The number of nitrogens with one attached hydrogen (secondary N) is 1. The van der Waals surface area contributed by atoms with E-state index in [4.69, 9.17) is 5.73 Å². The molecule has 1 unspecified atom stereocenters. The van der Waals surface area contributed by atoms with Crippen LogP contribution in [0.4, 0.5) is 15.9 Å². The Balaban J connectivity index is 1.88. The van der Waals surface area contributed by atoms with Gasteiger partial charge in [0.1, 0.15) is 17.5 Å². The van der Waals surface area contributed by atoms with E-state index in [1.165, 1.54) is 6.07 Å². The molecule has 0 saturated heterocycles. The van der Waals surface area contributed by atoms with Gasteiger partial charge in [-0.05, 0) is 69.0 Å². The van der Waals surface area contributed by atoms with Gasteiger partial charge in [0, 0.05) is 42.5 Å². The molecule has 182 valence electrons. The Bertz CT molecular complexity index is 1310. The summed E-state index contributed by atoms with van der Waals surface area (Å²) in [6.45, 7) is 9.40. The summed E-state index contributed by atoms with van der Waals surface area (Å²) in [5, 5.41) is 14.1. The Labute approximate surface area is 206 Å². The molecule has 0 aliphatic carbocycles. The largest absolute Gasteiger partial charge is 0.397 e. The highest BCUT2D eigenvalue weighted by Crippen LogP contribution is 2.32. The third kappa shape index (κ3) is 6.19. The fraction of sp³-hybridized carbons (Fsp3) is 0.333. The van der Waals surface area contributed by atoms with Gasteiger partial charge in [-0.15, -0.1) is 0 Å².